The quantitative estimate of drug-likeness (QED) is 0.844. The Morgan fingerprint density at radius 1 is 1.25 bits per heavy atom. The number of hydrogen-bond donors (Lipinski definition) is 0. The molecule has 0 aliphatic heterocycles. The van der Waals surface area contributed by atoms with Crippen molar-refractivity contribution in [3.05, 3.63) is 65.2 Å². The molecule has 0 bridgehead atoms. The van der Waals surface area contributed by atoms with Crippen molar-refractivity contribution in [1.82, 2.24) is 4.90 Å². The predicted molar refractivity (Wildman–Crippen MR) is 84.2 cm³/mol. The maximum absolute atomic E-state index is 13.3. The van der Waals surface area contributed by atoms with Crippen molar-refractivity contribution in [2.24, 2.45) is 0 Å². The summed E-state index contributed by atoms with van der Waals surface area (Å²) in [6.07, 6.45) is 0. The smallest absolute Gasteiger partial charge is 0.260 e. The predicted octanol–water partition coefficient (Wildman–Crippen LogP) is 3.43. The SMILES string of the molecule is CC(c1ccc(F)c(F)c1)N(C)C(=O)COc1ccccc1C#N. The molecule has 0 spiro atoms. The van der Waals surface area contributed by atoms with Gasteiger partial charge in [-0.1, -0.05) is 18.2 Å². The highest BCUT2D eigenvalue weighted by Crippen LogP contribution is 2.22. The molecule has 24 heavy (non-hydrogen) atoms. The van der Waals surface area contributed by atoms with Crippen molar-refractivity contribution in [2.45, 2.75) is 13.0 Å². The summed E-state index contributed by atoms with van der Waals surface area (Å²) in [5.41, 5.74) is 0.809. The van der Waals surface area contributed by atoms with Gasteiger partial charge in [-0.25, -0.2) is 8.78 Å². The van der Waals surface area contributed by atoms with Crippen molar-refractivity contribution in [2.75, 3.05) is 13.7 Å². The van der Waals surface area contributed by atoms with Gasteiger partial charge in [-0.2, -0.15) is 5.26 Å². The van der Waals surface area contributed by atoms with Crippen LogP contribution in [0.3, 0.4) is 0 Å². The highest BCUT2D eigenvalue weighted by molar-refractivity contribution is 5.78. The number of nitriles is 1. The van der Waals surface area contributed by atoms with Gasteiger partial charge < -0.3 is 9.64 Å². The van der Waals surface area contributed by atoms with Crippen LogP contribution in [0.2, 0.25) is 0 Å². The third kappa shape index (κ3) is 3.87. The van der Waals surface area contributed by atoms with Gasteiger partial charge >= 0.3 is 0 Å². The summed E-state index contributed by atoms with van der Waals surface area (Å²) < 4.78 is 31.7. The van der Waals surface area contributed by atoms with Crippen LogP contribution in [-0.2, 0) is 4.79 Å². The normalized spacial score (nSPS) is 11.5. The lowest BCUT2D eigenvalue weighted by Crippen LogP contribution is -2.33. The Hall–Kier alpha value is -2.94. The van der Waals surface area contributed by atoms with Crippen LogP contribution >= 0.6 is 0 Å². The Kier molecular flexibility index (Phi) is 5.48. The topological polar surface area (TPSA) is 53.3 Å². The van der Waals surface area contributed by atoms with Crippen LogP contribution in [-0.4, -0.2) is 24.5 Å². The monoisotopic (exact) mass is 330 g/mol. The van der Waals surface area contributed by atoms with Crippen LogP contribution in [0.5, 0.6) is 5.75 Å². The van der Waals surface area contributed by atoms with E-state index >= 15 is 0 Å². The van der Waals surface area contributed by atoms with Crippen LogP contribution < -0.4 is 4.74 Å². The summed E-state index contributed by atoms with van der Waals surface area (Å²) in [6, 6.07) is 11.6. The van der Waals surface area contributed by atoms with Gasteiger partial charge in [0.15, 0.2) is 18.2 Å². The molecule has 0 aliphatic rings. The maximum Gasteiger partial charge on any atom is 0.260 e. The van der Waals surface area contributed by atoms with Gasteiger partial charge in [-0.05, 0) is 36.8 Å². The maximum atomic E-state index is 13.3. The molecule has 2 rings (SSSR count). The lowest BCUT2D eigenvalue weighted by Gasteiger charge is -2.25. The van der Waals surface area contributed by atoms with Crippen LogP contribution in [0.1, 0.15) is 24.1 Å². The number of ether oxygens (including phenoxy) is 1. The van der Waals surface area contributed by atoms with Gasteiger partial charge in [-0.15, -0.1) is 0 Å². The standard InChI is InChI=1S/C18H16F2N2O2/c1-12(13-7-8-15(19)16(20)9-13)22(2)18(23)11-24-17-6-4-3-5-14(17)10-21/h3-9,12H,11H2,1-2H3. The summed E-state index contributed by atoms with van der Waals surface area (Å²) in [5.74, 6) is -1.92. The third-order valence-electron chi connectivity index (χ3n) is 3.76. The van der Waals surface area contributed by atoms with Crippen LogP contribution in [0, 0.1) is 23.0 Å². The Bertz CT molecular complexity index is 787. The number of carbonyl (C=O) groups is 1. The fourth-order valence-corrected chi connectivity index (χ4v) is 2.14. The molecule has 2 aromatic rings. The minimum absolute atomic E-state index is 0.261. The van der Waals surface area contributed by atoms with Crippen LogP contribution in [0.15, 0.2) is 42.5 Å². The van der Waals surface area contributed by atoms with Gasteiger partial charge in [0.1, 0.15) is 11.8 Å². The second kappa shape index (κ2) is 7.55. The second-order valence-electron chi connectivity index (χ2n) is 5.25. The first-order valence-electron chi connectivity index (χ1n) is 7.26. The first-order chi connectivity index (χ1) is 11.4. The number of carbonyl (C=O) groups excluding carboxylic acids is 1. The van der Waals surface area contributed by atoms with E-state index in [-0.39, 0.29) is 12.5 Å². The van der Waals surface area contributed by atoms with E-state index in [1.54, 1.807) is 38.2 Å². The Labute approximate surface area is 138 Å². The van der Waals surface area contributed by atoms with Gasteiger partial charge in [0.25, 0.3) is 5.91 Å². The number of amides is 1. The first kappa shape index (κ1) is 17.4. The van der Waals surface area contributed by atoms with E-state index in [9.17, 15) is 13.6 Å². The van der Waals surface area contributed by atoms with Crippen LogP contribution in [0.25, 0.3) is 0 Å². The number of hydrogen-bond acceptors (Lipinski definition) is 3. The van der Waals surface area contributed by atoms with Gasteiger partial charge in [0.05, 0.1) is 11.6 Å². The molecule has 0 heterocycles. The zero-order valence-electron chi connectivity index (χ0n) is 13.3. The second-order valence-corrected chi connectivity index (χ2v) is 5.25. The van der Waals surface area contributed by atoms with Crippen molar-refractivity contribution >= 4 is 5.91 Å². The van der Waals surface area contributed by atoms with Crippen molar-refractivity contribution in [3.8, 4) is 11.8 Å². The minimum Gasteiger partial charge on any atom is -0.482 e. The lowest BCUT2D eigenvalue weighted by atomic mass is 10.1. The van der Waals surface area contributed by atoms with Gasteiger partial charge in [-0.3, -0.25) is 4.79 Å². The zero-order chi connectivity index (χ0) is 17.7. The molecule has 6 heteroatoms. The molecule has 4 nitrogen and oxygen atoms in total. The molecular weight excluding hydrogens is 314 g/mol. The van der Waals surface area contributed by atoms with Crippen molar-refractivity contribution < 1.29 is 18.3 Å². The summed E-state index contributed by atoms with van der Waals surface area (Å²) in [4.78, 5) is 13.6. The molecule has 0 aliphatic carbocycles. The molecular formula is C18H16F2N2O2. The Morgan fingerprint density at radius 2 is 1.96 bits per heavy atom. The molecule has 0 aromatic heterocycles. The van der Waals surface area contributed by atoms with Crippen molar-refractivity contribution in [3.63, 3.8) is 0 Å². The molecule has 124 valence electrons. The van der Waals surface area contributed by atoms with Crippen LogP contribution in [0.4, 0.5) is 8.78 Å². The average Bonchev–Trinajstić information content (AvgIpc) is 2.60. The molecule has 2 aromatic carbocycles. The lowest BCUT2D eigenvalue weighted by molar-refractivity contribution is -0.134. The average molecular weight is 330 g/mol. The van der Waals surface area contributed by atoms with E-state index in [4.69, 9.17) is 10.00 Å². The van der Waals surface area contributed by atoms with Crippen molar-refractivity contribution in [1.29, 1.82) is 5.26 Å². The fraction of sp³-hybridized carbons (Fsp3) is 0.222. The number of benzene rings is 2. The molecule has 0 fully saturated rings. The van der Waals surface area contributed by atoms with Gasteiger partial charge in [0.2, 0.25) is 0 Å². The summed E-state index contributed by atoms with van der Waals surface area (Å²) in [6.45, 7) is 1.44. The minimum atomic E-state index is -0.959. The van der Waals surface area contributed by atoms with E-state index in [0.717, 1.165) is 12.1 Å². The molecule has 1 unspecified atom stereocenters. The highest BCUT2D eigenvalue weighted by Gasteiger charge is 2.19. The molecule has 0 N–H and O–H groups in total. The summed E-state index contributed by atoms with van der Waals surface area (Å²) in [7, 11) is 1.55. The molecule has 1 atom stereocenters. The molecule has 0 radical (unpaired) electrons. The largest absolute Gasteiger partial charge is 0.482 e. The van der Waals surface area contributed by atoms with E-state index in [1.165, 1.54) is 11.0 Å². The first-order valence-corrected chi connectivity index (χ1v) is 7.26. The number of halogens is 2. The zero-order valence-corrected chi connectivity index (χ0v) is 13.3. The fourth-order valence-electron chi connectivity index (χ4n) is 2.14. The summed E-state index contributed by atoms with van der Waals surface area (Å²) in [5, 5.41) is 8.99. The highest BCUT2D eigenvalue weighted by atomic mass is 19.2. The molecule has 0 saturated carbocycles. The number of likely N-dealkylation sites (N-methyl/N-ethyl adjacent to an activating group) is 1. The summed E-state index contributed by atoms with van der Waals surface area (Å²) >= 11 is 0. The van der Waals surface area contributed by atoms with E-state index in [2.05, 4.69) is 0 Å². The number of rotatable bonds is 5. The Balaban J connectivity index is 2.03. The van der Waals surface area contributed by atoms with E-state index < -0.39 is 17.7 Å². The number of para-hydroxylation sites is 1. The number of nitrogens with zero attached hydrogens (tertiary/aromatic N) is 2. The molecule has 1 amide bonds. The Morgan fingerprint density at radius 3 is 2.62 bits per heavy atom. The molecule has 0 saturated heterocycles. The third-order valence-corrected chi connectivity index (χ3v) is 3.76. The van der Waals surface area contributed by atoms with E-state index in [0.29, 0.717) is 16.9 Å². The van der Waals surface area contributed by atoms with Gasteiger partial charge in [0, 0.05) is 7.05 Å². The van der Waals surface area contributed by atoms with E-state index in [1.807, 2.05) is 6.07 Å².